The smallest absolute Gasteiger partial charge is 0.240 e. The second-order valence-corrected chi connectivity index (χ2v) is 6.53. The summed E-state index contributed by atoms with van der Waals surface area (Å²) < 4.78 is 22.7. The minimum Gasteiger partial charge on any atom is -0.397 e. The number of sulfonamides is 1. The van der Waals surface area contributed by atoms with E-state index >= 15 is 0 Å². The minimum atomic E-state index is -3.78. The first kappa shape index (κ1) is 13.9. The zero-order valence-corrected chi connectivity index (χ0v) is 11.7. The summed E-state index contributed by atoms with van der Waals surface area (Å²) in [6.45, 7) is 0. The van der Waals surface area contributed by atoms with Crippen LogP contribution in [0.3, 0.4) is 0 Å². The second-order valence-electron chi connectivity index (χ2n) is 3.99. The second kappa shape index (κ2) is 5.64. The average molecular weight is 294 g/mol. The topological polar surface area (TPSA) is 86.2 Å². The lowest BCUT2D eigenvalue weighted by Crippen LogP contribution is -2.14. The molecule has 4 N–H and O–H groups in total. The van der Waals surface area contributed by atoms with E-state index in [0.29, 0.717) is 0 Å². The highest BCUT2D eigenvalue weighted by molar-refractivity contribution is 7.98. The fraction of sp³-hybridized carbons (Fsp3) is 0.0769. The van der Waals surface area contributed by atoms with Gasteiger partial charge in [0.1, 0.15) is 4.90 Å². The molecule has 100 valence electrons. The molecule has 0 aliphatic heterocycles. The molecule has 2 aromatic carbocycles. The highest BCUT2D eigenvalue weighted by Gasteiger charge is 2.14. The molecular formula is C13H14N2O2S2. The minimum absolute atomic E-state index is 0.0226. The summed E-state index contributed by atoms with van der Waals surface area (Å²) >= 11 is 1.49. The van der Waals surface area contributed by atoms with Gasteiger partial charge in [-0.2, -0.15) is 0 Å². The summed E-state index contributed by atoms with van der Waals surface area (Å²) in [7, 11) is -3.78. The number of rotatable bonds is 4. The number of hydrogen-bond donors (Lipinski definition) is 2. The molecule has 0 unspecified atom stereocenters. The predicted molar refractivity (Wildman–Crippen MR) is 78.2 cm³/mol. The van der Waals surface area contributed by atoms with Crippen molar-refractivity contribution in [3.8, 4) is 0 Å². The van der Waals surface area contributed by atoms with Crippen LogP contribution in [0.5, 0.6) is 0 Å². The molecule has 2 rings (SSSR count). The molecule has 0 aromatic heterocycles. The molecule has 6 heteroatoms. The Morgan fingerprint density at radius 1 is 1.00 bits per heavy atom. The maximum absolute atomic E-state index is 11.4. The van der Waals surface area contributed by atoms with Crippen molar-refractivity contribution in [3.05, 3.63) is 54.1 Å². The van der Waals surface area contributed by atoms with E-state index in [2.05, 4.69) is 0 Å². The number of primary sulfonamides is 1. The number of hydrogen-bond acceptors (Lipinski definition) is 4. The van der Waals surface area contributed by atoms with Crippen LogP contribution in [0.4, 0.5) is 5.69 Å². The van der Waals surface area contributed by atoms with Gasteiger partial charge in [-0.05, 0) is 17.7 Å². The van der Waals surface area contributed by atoms with Crippen LogP contribution in [0.25, 0.3) is 0 Å². The van der Waals surface area contributed by atoms with Crippen LogP contribution < -0.4 is 10.9 Å². The van der Waals surface area contributed by atoms with Crippen LogP contribution in [-0.4, -0.2) is 8.42 Å². The Kier molecular flexibility index (Phi) is 4.14. The fourth-order valence-corrected chi connectivity index (χ4v) is 3.34. The number of para-hydroxylation sites is 1. The quantitative estimate of drug-likeness (QED) is 0.668. The van der Waals surface area contributed by atoms with Gasteiger partial charge in [-0.1, -0.05) is 36.4 Å². The average Bonchev–Trinajstić information content (AvgIpc) is 2.37. The number of benzene rings is 2. The molecule has 0 radical (unpaired) electrons. The molecule has 4 nitrogen and oxygen atoms in total. The Morgan fingerprint density at radius 3 is 2.32 bits per heavy atom. The molecule has 0 amide bonds. The molecule has 0 saturated heterocycles. The third-order valence-corrected chi connectivity index (χ3v) is 4.68. The summed E-state index contributed by atoms with van der Waals surface area (Å²) in [4.78, 5) is 0.695. The van der Waals surface area contributed by atoms with Gasteiger partial charge in [-0.25, -0.2) is 13.6 Å². The SMILES string of the molecule is Nc1c(SCc2ccccc2)cccc1S(N)(=O)=O. The molecule has 0 saturated carbocycles. The molecule has 0 fully saturated rings. The molecule has 0 heterocycles. The van der Waals surface area contributed by atoms with Crippen molar-refractivity contribution >= 4 is 27.5 Å². The van der Waals surface area contributed by atoms with Crippen molar-refractivity contribution in [1.82, 2.24) is 0 Å². The summed E-state index contributed by atoms with van der Waals surface area (Å²) in [6, 6.07) is 14.7. The Morgan fingerprint density at radius 2 is 1.68 bits per heavy atom. The van der Waals surface area contributed by atoms with Gasteiger partial charge in [0, 0.05) is 10.6 Å². The van der Waals surface area contributed by atoms with Crippen LogP contribution in [-0.2, 0) is 15.8 Å². The normalized spacial score (nSPS) is 11.4. The molecule has 0 atom stereocenters. The predicted octanol–water partition coefficient (Wildman–Crippen LogP) is 2.21. The largest absolute Gasteiger partial charge is 0.397 e. The number of nitrogens with two attached hydrogens (primary N) is 2. The lowest BCUT2D eigenvalue weighted by Gasteiger charge is -2.09. The molecule has 0 aliphatic carbocycles. The number of nitrogen functional groups attached to an aromatic ring is 1. The van der Waals surface area contributed by atoms with Gasteiger partial charge in [0.25, 0.3) is 0 Å². The third-order valence-electron chi connectivity index (χ3n) is 2.57. The zero-order chi connectivity index (χ0) is 13.9. The first-order valence-electron chi connectivity index (χ1n) is 5.56. The Hall–Kier alpha value is -1.50. The zero-order valence-electron chi connectivity index (χ0n) is 10.1. The Balaban J connectivity index is 2.23. The number of thioether (sulfide) groups is 1. The van der Waals surface area contributed by atoms with Gasteiger partial charge in [-0.3, -0.25) is 0 Å². The maximum Gasteiger partial charge on any atom is 0.240 e. The summed E-state index contributed by atoms with van der Waals surface area (Å²) in [5, 5.41) is 5.12. The van der Waals surface area contributed by atoms with Crippen LogP contribution >= 0.6 is 11.8 Å². The van der Waals surface area contributed by atoms with Crippen LogP contribution in [0.2, 0.25) is 0 Å². The molecule has 0 spiro atoms. The van der Waals surface area contributed by atoms with Crippen molar-refractivity contribution in [3.63, 3.8) is 0 Å². The highest BCUT2D eigenvalue weighted by Crippen LogP contribution is 2.31. The van der Waals surface area contributed by atoms with E-state index in [4.69, 9.17) is 10.9 Å². The van der Waals surface area contributed by atoms with Gasteiger partial charge in [0.05, 0.1) is 5.69 Å². The van der Waals surface area contributed by atoms with Gasteiger partial charge in [0.15, 0.2) is 0 Å². The Bertz CT molecular complexity index is 670. The standard InChI is InChI=1S/C13H14N2O2S2/c14-13-11(7-4-8-12(13)19(15,16)17)18-9-10-5-2-1-3-6-10/h1-8H,9,14H2,(H2,15,16,17). The van der Waals surface area contributed by atoms with Crippen LogP contribution in [0.1, 0.15) is 5.56 Å². The molecule has 19 heavy (non-hydrogen) atoms. The highest BCUT2D eigenvalue weighted by atomic mass is 32.2. The lowest BCUT2D eigenvalue weighted by atomic mass is 10.2. The Labute approximate surface area is 116 Å². The summed E-state index contributed by atoms with van der Waals surface area (Å²) in [5.74, 6) is 0.721. The van der Waals surface area contributed by atoms with E-state index in [1.54, 1.807) is 12.1 Å². The van der Waals surface area contributed by atoms with Crippen molar-refractivity contribution in [2.45, 2.75) is 15.5 Å². The van der Waals surface area contributed by atoms with Gasteiger partial charge in [0.2, 0.25) is 10.0 Å². The maximum atomic E-state index is 11.4. The van der Waals surface area contributed by atoms with Crippen molar-refractivity contribution in [2.75, 3.05) is 5.73 Å². The first-order chi connectivity index (χ1) is 8.98. The molecular weight excluding hydrogens is 280 g/mol. The van der Waals surface area contributed by atoms with Gasteiger partial charge in [-0.15, -0.1) is 11.8 Å². The van der Waals surface area contributed by atoms with Crippen LogP contribution in [0, 0.1) is 0 Å². The van der Waals surface area contributed by atoms with E-state index in [9.17, 15) is 8.42 Å². The molecule has 0 bridgehead atoms. The van der Waals surface area contributed by atoms with Gasteiger partial charge < -0.3 is 5.73 Å². The third kappa shape index (κ3) is 3.50. The van der Waals surface area contributed by atoms with E-state index in [0.717, 1.165) is 16.2 Å². The molecule has 2 aromatic rings. The fourth-order valence-electron chi connectivity index (χ4n) is 1.63. The van der Waals surface area contributed by atoms with E-state index in [1.165, 1.54) is 17.8 Å². The van der Waals surface area contributed by atoms with Crippen molar-refractivity contribution in [1.29, 1.82) is 0 Å². The van der Waals surface area contributed by atoms with Crippen LogP contribution in [0.15, 0.2) is 58.3 Å². The van der Waals surface area contributed by atoms with Crippen molar-refractivity contribution in [2.24, 2.45) is 5.14 Å². The first-order valence-corrected chi connectivity index (χ1v) is 8.09. The summed E-state index contributed by atoms with van der Waals surface area (Å²) in [5.41, 5.74) is 7.21. The monoisotopic (exact) mass is 294 g/mol. The summed E-state index contributed by atoms with van der Waals surface area (Å²) in [6.07, 6.45) is 0. The van der Waals surface area contributed by atoms with Crippen molar-refractivity contribution < 1.29 is 8.42 Å². The molecule has 0 aliphatic rings. The lowest BCUT2D eigenvalue weighted by molar-refractivity contribution is 0.598. The van der Waals surface area contributed by atoms with E-state index < -0.39 is 10.0 Å². The van der Waals surface area contributed by atoms with E-state index in [1.807, 2.05) is 30.3 Å². The van der Waals surface area contributed by atoms with E-state index in [-0.39, 0.29) is 10.6 Å². The van der Waals surface area contributed by atoms with Gasteiger partial charge >= 0.3 is 0 Å². The number of anilines is 1.